The maximum Gasteiger partial charge on any atom is 0.169 e. The number of aryl methyl sites for hydroxylation is 1. The first-order valence-electron chi connectivity index (χ1n) is 4.82. The monoisotopic (exact) mass is 268 g/mol. The molecule has 0 aliphatic rings. The van der Waals surface area contributed by atoms with Crippen LogP contribution in [0.3, 0.4) is 0 Å². The van der Waals surface area contributed by atoms with Crippen LogP contribution in [0.1, 0.15) is 22.7 Å². The highest BCUT2D eigenvalue weighted by atomic mass is 79.9. The second kappa shape index (κ2) is 3.85. The van der Waals surface area contributed by atoms with Crippen molar-refractivity contribution in [3.63, 3.8) is 0 Å². The molecular weight excluding hydrogens is 256 g/mol. The van der Waals surface area contributed by atoms with Gasteiger partial charge in [-0.05, 0) is 54.4 Å². The molecule has 0 aliphatic heterocycles. The van der Waals surface area contributed by atoms with E-state index in [1.165, 1.54) is 11.3 Å². The van der Waals surface area contributed by atoms with Crippen molar-refractivity contribution in [1.82, 2.24) is 9.78 Å². The van der Waals surface area contributed by atoms with Gasteiger partial charge in [0.15, 0.2) is 4.67 Å². The summed E-state index contributed by atoms with van der Waals surface area (Å²) in [5, 5.41) is 4.46. The molecule has 0 bridgehead atoms. The second-order valence-electron chi connectivity index (χ2n) is 3.66. The van der Waals surface area contributed by atoms with E-state index in [9.17, 15) is 0 Å². The van der Waals surface area contributed by atoms with E-state index in [1.54, 1.807) is 0 Å². The van der Waals surface area contributed by atoms with E-state index in [0.29, 0.717) is 6.54 Å². The third-order valence-electron chi connectivity index (χ3n) is 2.68. The lowest BCUT2D eigenvalue weighted by Gasteiger charge is -2.01. The van der Waals surface area contributed by atoms with E-state index >= 15 is 0 Å². The molecule has 0 atom stereocenters. The minimum absolute atomic E-state index is 0.687. The SMILES string of the molecule is Cc1nn(Cc2ccc(Br)o2)c(C)c1C. The minimum atomic E-state index is 0.687. The van der Waals surface area contributed by atoms with Crippen molar-refractivity contribution in [1.29, 1.82) is 0 Å². The summed E-state index contributed by atoms with van der Waals surface area (Å²) in [6.45, 7) is 6.88. The van der Waals surface area contributed by atoms with Crippen molar-refractivity contribution >= 4 is 15.9 Å². The van der Waals surface area contributed by atoms with Gasteiger partial charge in [-0.15, -0.1) is 0 Å². The summed E-state index contributed by atoms with van der Waals surface area (Å²) in [5.74, 6) is 0.910. The Morgan fingerprint density at radius 2 is 2.07 bits per heavy atom. The second-order valence-corrected chi connectivity index (χ2v) is 4.44. The molecule has 0 unspecified atom stereocenters. The fraction of sp³-hybridized carbons (Fsp3) is 0.364. The lowest BCUT2D eigenvalue weighted by molar-refractivity contribution is 0.459. The van der Waals surface area contributed by atoms with Crippen LogP contribution in [0.5, 0.6) is 0 Å². The van der Waals surface area contributed by atoms with Crippen LogP contribution >= 0.6 is 15.9 Å². The Balaban J connectivity index is 2.28. The normalized spacial score (nSPS) is 10.9. The molecule has 2 aromatic heterocycles. The van der Waals surface area contributed by atoms with E-state index in [1.807, 2.05) is 23.7 Å². The van der Waals surface area contributed by atoms with Gasteiger partial charge in [-0.2, -0.15) is 5.10 Å². The highest BCUT2D eigenvalue weighted by molar-refractivity contribution is 9.10. The summed E-state index contributed by atoms with van der Waals surface area (Å²) in [7, 11) is 0. The van der Waals surface area contributed by atoms with Crippen LogP contribution in [0.15, 0.2) is 21.2 Å². The molecule has 0 radical (unpaired) electrons. The Morgan fingerprint density at radius 3 is 2.53 bits per heavy atom. The molecule has 2 aromatic rings. The summed E-state index contributed by atoms with van der Waals surface area (Å²) in [5.41, 5.74) is 3.53. The largest absolute Gasteiger partial charge is 0.452 e. The van der Waals surface area contributed by atoms with Crippen molar-refractivity contribution in [3.05, 3.63) is 39.5 Å². The van der Waals surface area contributed by atoms with Crippen LogP contribution in [-0.4, -0.2) is 9.78 Å². The Kier molecular flexibility index (Phi) is 2.69. The fourth-order valence-electron chi connectivity index (χ4n) is 1.52. The quantitative estimate of drug-likeness (QED) is 0.838. The third kappa shape index (κ3) is 2.00. The van der Waals surface area contributed by atoms with Crippen LogP contribution in [-0.2, 0) is 6.54 Å². The Morgan fingerprint density at radius 1 is 1.33 bits per heavy atom. The predicted molar refractivity (Wildman–Crippen MR) is 61.9 cm³/mol. The number of furan rings is 1. The summed E-state index contributed by atoms with van der Waals surface area (Å²) >= 11 is 3.29. The van der Waals surface area contributed by atoms with Gasteiger partial charge in [0, 0.05) is 5.69 Å². The number of rotatable bonds is 2. The van der Waals surface area contributed by atoms with Gasteiger partial charge in [-0.1, -0.05) is 0 Å². The predicted octanol–water partition coefficient (Wildman–Crippen LogP) is 3.21. The average Bonchev–Trinajstić information content (AvgIpc) is 2.68. The summed E-state index contributed by atoms with van der Waals surface area (Å²) in [4.78, 5) is 0. The first-order chi connectivity index (χ1) is 7.08. The Hall–Kier alpha value is -1.03. The van der Waals surface area contributed by atoms with Crippen LogP contribution in [0.25, 0.3) is 0 Å². The average molecular weight is 269 g/mol. The molecule has 80 valence electrons. The molecule has 2 heterocycles. The van der Waals surface area contributed by atoms with Crippen molar-refractivity contribution < 1.29 is 4.42 Å². The highest BCUT2D eigenvalue weighted by Crippen LogP contribution is 2.17. The molecule has 2 rings (SSSR count). The van der Waals surface area contributed by atoms with Crippen LogP contribution in [0, 0.1) is 20.8 Å². The zero-order valence-corrected chi connectivity index (χ0v) is 10.6. The molecule has 4 heteroatoms. The molecule has 0 aliphatic carbocycles. The molecule has 3 nitrogen and oxygen atoms in total. The maximum atomic E-state index is 5.45. The summed E-state index contributed by atoms with van der Waals surface area (Å²) < 4.78 is 8.18. The molecule has 0 aromatic carbocycles. The smallest absolute Gasteiger partial charge is 0.169 e. The maximum absolute atomic E-state index is 5.45. The van der Waals surface area contributed by atoms with Crippen molar-refractivity contribution in [3.8, 4) is 0 Å². The molecule has 0 saturated carbocycles. The van der Waals surface area contributed by atoms with Gasteiger partial charge in [0.2, 0.25) is 0 Å². The van der Waals surface area contributed by atoms with Gasteiger partial charge in [-0.25, -0.2) is 0 Å². The zero-order valence-electron chi connectivity index (χ0n) is 9.04. The number of aromatic nitrogens is 2. The van der Waals surface area contributed by atoms with Gasteiger partial charge < -0.3 is 4.42 Å². The van der Waals surface area contributed by atoms with Crippen LogP contribution < -0.4 is 0 Å². The first-order valence-corrected chi connectivity index (χ1v) is 5.62. The Bertz CT molecular complexity index is 485. The fourth-order valence-corrected chi connectivity index (χ4v) is 1.86. The zero-order chi connectivity index (χ0) is 11.0. The summed E-state index contributed by atoms with van der Waals surface area (Å²) in [6, 6.07) is 3.85. The van der Waals surface area contributed by atoms with E-state index < -0.39 is 0 Å². The van der Waals surface area contributed by atoms with Gasteiger partial charge in [0.05, 0.1) is 12.2 Å². The van der Waals surface area contributed by atoms with E-state index in [-0.39, 0.29) is 0 Å². The van der Waals surface area contributed by atoms with Gasteiger partial charge in [0.1, 0.15) is 5.76 Å². The number of hydrogen-bond acceptors (Lipinski definition) is 2. The molecule has 15 heavy (non-hydrogen) atoms. The molecule has 0 amide bonds. The van der Waals surface area contributed by atoms with E-state index in [2.05, 4.69) is 34.9 Å². The van der Waals surface area contributed by atoms with Gasteiger partial charge in [0.25, 0.3) is 0 Å². The summed E-state index contributed by atoms with van der Waals surface area (Å²) in [6.07, 6.45) is 0. The minimum Gasteiger partial charge on any atom is -0.452 e. The van der Waals surface area contributed by atoms with Gasteiger partial charge >= 0.3 is 0 Å². The molecule has 0 spiro atoms. The number of hydrogen-bond donors (Lipinski definition) is 0. The Labute approximate surface area is 97.2 Å². The molecular formula is C11H13BrN2O. The third-order valence-corrected chi connectivity index (χ3v) is 3.10. The van der Waals surface area contributed by atoms with Crippen LogP contribution in [0.2, 0.25) is 0 Å². The number of halogens is 1. The standard InChI is InChI=1S/C11H13BrN2O/c1-7-8(2)13-14(9(7)3)6-10-4-5-11(12)15-10/h4-5H,6H2,1-3H3. The highest BCUT2D eigenvalue weighted by Gasteiger charge is 2.08. The van der Waals surface area contributed by atoms with Crippen molar-refractivity contribution in [2.75, 3.05) is 0 Å². The van der Waals surface area contributed by atoms with E-state index in [0.717, 1.165) is 16.1 Å². The first kappa shape index (κ1) is 10.5. The van der Waals surface area contributed by atoms with Crippen molar-refractivity contribution in [2.45, 2.75) is 27.3 Å². The lowest BCUT2D eigenvalue weighted by atomic mass is 10.2. The van der Waals surface area contributed by atoms with Crippen LogP contribution in [0.4, 0.5) is 0 Å². The molecule has 0 saturated heterocycles. The number of nitrogens with zero attached hydrogens (tertiary/aromatic N) is 2. The lowest BCUT2D eigenvalue weighted by Crippen LogP contribution is -2.03. The molecule has 0 fully saturated rings. The van der Waals surface area contributed by atoms with Gasteiger partial charge in [-0.3, -0.25) is 4.68 Å². The molecule has 0 N–H and O–H groups in total. The topological polar surface area (TPSA) is 31.0 Å². The van der Waals surface area contributed by atoms with Crippen molar-refractivity contribution in [2.24, 2.45) is 0 Å². The van der Waals surface area contributed by atoms with E-state index in [4.69, 9.17) is 4.42 Å².